The maximum Gasteiger partial charge on any atom is 0.291 e. The SMILES string of the molecule is O=C(Nc1cnc(N2CCOCC2)nc1)c1cc(=O)c2ccccc2o1. The number of amides is 1. The minimum Gasteiger partial charge on any atom is -0.451 e. The Kier molecular flexibility index (Phi) is 4.32. The summed E-state index contributed by atoms with van der Waals surface area (Å²) >= 11 is 0. The van der Waals surface area contributed by atoms with Crippen molar-refractivity contribution < 1.29 is 13.9 Å². The predicted octanol–water partition coefficient (Wildman–Crippen LogP) is 1.67. The second-order valence-electron chi connectivity index (χ2n) is 5.80. The zero-order chi connectivity index (χ0) is 17.9. The number of morpholine rings is 1. The van der Waals surface area contributed by atoms with Crippen LogP contribution in [0.4, 0.5) is 11.6 Å². The topological polar surface area (TPSA) is 97.6 Å². The number of nitrogens with one attached hydrogen (secondary N) is 1. The number of aromatic nitrogens is 2. The molecule has 0 radical (unpaired) electrons. The van der Waals surface area contributed by atoms with Crippen LogP contribution in [0.3, 0.4) is 0 Å². The Morgan fingerprint density at radius 2 is 1.85 bits per heavy atom. The molecule has 0 atom stereocenters. The van der Waals surface area contributed by atoms with Gasteiger partial charge in [0.25, 0.3) is 5.91 Å². The molecule has 1 amide bonds. The van der Waals surface area contributed by atoms with Gasteiger partial charge in [0.15, 0.2) is 11.2 Å². The molecule has 26 heavy (non-hydrogen) atoms. The highest BCUT2D eigenvalue weighted by Gasteiger charge is 2.15. The third kappa shape index (κ3) is 3.27. The molecule has 4 rings (SSSR count). The van der Waals surface area contributed by atoms with Gasteiger partial charge in [0.2, 0.25) is 5.95 Å². The molecule has 132 valence electrons. The van der Waals surface area contributed by atoms with E-state index in [0.29, 0.717) is 35.8 Å². The molecule has 3 heterocycles. The van der Waals surface area contributed by atoms with Crippen LogP contribution in [-0.2, 0) is 4.74 Å². The Morgan fingerprint density at radius 1 is 1.12 bits per heavy atom. The van der Waals surface area contributed by atoms with Crippen molar-refractivity contribution in [2.45, 2.75) is 0 Å². The Hall–Kier alpha value is -3.26. The van der Waals surface area contributed by atoms with Gasteiger partial charge >= 0.3 is 0 Å². The maximum atomic E-state index is 12.4. The van der Waals surface area contributed by atoms with Crippen LogP contribution in [0.25, 0.3) is 11.0 Å². The van der Waals surface area contributed by atoms with E-state index in [-0.39, 0.29) is 11.2 Å². The molecule has 0 saturated carbocycles. The molecular formula is C18H16N4O4. The smallest absolute Gasteiger partial charge is 0.291 e. The van der Waals surface area contributed by atoms with Gasteiger partial charge in [-0.3, -0.25) is 9.59 Å². The Balaban J connectivity index is 1.52. The van der Waals surface area contributed by atoms with Gasteiger partial charge in [-0.1, -0.05) is 12.1 Å². The second kappa shape index (κ2) is 6.93. The average Bonchev–Trinajstić information content (AvgIpc) is 2.69. The number of nitrogens with zero attached hydrogens (tertiary/aromatic N) is 3. The number of ether oxygens (including phenoxy) is 1. The predicted molar refractivity (Wildman–Crippen MR) is 95.5 cm³/mol. The number of hydrogen-bond acceptors (Lipinski definition) is 7. The summed E-state index contributed by atoms with van der Waals surface area (Å²) in [7, 11) is 0. The lowest BCUT2D eigenvalue weighted by molar-refractivity contribution is 0.0997. The van der Waals surface area contributed by atoms with Crippen molar-refractivity contribution in [1.29, 1.82) is 0 Å². The number of para-hydroxylation sites is 1. The van der Waals surface area contributed by atoms with Crippen LogP contribution < -0.4 is 15.6 Å². The molecule has 0 unspecified atom stereocenters. The minimum absolute atomic E-state index is 0.0639. The molecule has 1 aliphatic rings. The van der Waals surface area contributed by atoms with Gasteiger partial charge < -0.3 is 19.4 Å². The number of benzene rings is 1. The van der Waals surface area contributed by atoms with Crippen molar-refractivity contribution in [1.82, 2.24) is 9.97 Å². The van der Waals surface area contributed by atoms with Crippen LogP contribution >= 0.6 is 0 Å². The van der Waals surface area contributed by atoms with Crippen LogP contribution in [0.2, 0.25) is 0 Å². The van der Waals surface area contributed by atoms with E-state index in [1.54, 1.807) is 24.3 Å². The van der Waals surface area contributed by atoms with Gasteiger partial charge in [-0.15, -0.1) is 0 Å². The number of fused-ring (bicyclic) bond motifs is 1. The first kappa shape index (κ1) is 16.2. The molecule has 0 bridgehead atoms. The highest BCUT2D eigenvalue weighted by Crippen LogP contribution is 2.15. The van der Waals surface area contributed by atoms with Crippen LogP contribution in [-0.4, -0.2) is 42.2 Å². The third-order valence-corrected chi connectivity index (χ3v) is 4.05. The van der Waals surface area contributed by atoms with Crippen molar-refractivity contribution in [3.63, 3.8) is 0 Å². The van der Waals surface area contributed by atoms with Crippen LogP contribution in [0.5, 0.6) is 0 Å². The lowest BCUT2D eigenvalue weighted by atomic mass is 10.2. The number of anilines is 2. The second-order valence-corrected chi connectivity index (χ2v) is 5.80. The minimum atomic E-state index is -0.532. The van der Waals surface area contributed by atoms with Crippen molar-refractivity contribution in [2.75, 3.05) is 36.5 Å². The molecule has 3 aromatic rings. The van der Waals surface area contributed by atoms with Crippen LogP contribution in [0.1, 0.15) is 10.6 Å². The monoisotopic (exact) mass is 352 g/mol. The summed E-state index contributed by atoms with van der Waals surface area (Å²) in [5.41, 5.74) is 0.516. The highest BCUT2D eigenvalue weighted by atomic mass is 16.5. The first-order valence-electron chi connectivity index (χ1n) is 8.20. The molecule has 1 N–H and O–H groups in total. The van der Waals surface area contributed by atoms with E-state index in [9.17, 15) is 9.59 Å². The van der Waals surface area contributed by atoms with Gasteiger partial charge in [-0.2, -0.15) is 0 Å². The fourth-order valence-electron chi connectivity index (χ4n) is 2.72. The normalized spacial score (nSPS) is 14.4. The molecule has 0 aliphatic carbocycles. The molecule has 1 fully saturated rings. The van der Waals surface area contributed by atoms with E-state index in [2.05, 4.69) is 15.3 Å². The third-order valence-electron chi connectivity index (χ3n) is 4.05. The van der Waals surface area contributed by atoms with E-state index >= 15 is 0 Å². The molecule has 0 spiro atoms. The molecule has 8 heteroatoms. The molecule has 2 aromatic heterocycles. The molecule has 1 aromatic carbocycles. The van der Waals surface area contributed by atoms with Crippen LogP contribution in [0.15, 0.2) is 51.9 Å². The Morgan fingerprint density at radius 3 is 2.62 bits per heavy atom. The summed E-state index contributed by atoms with van der Waals surface area (Å²) in [5, 5.41) is 3.07. The quantitative estimate of drug-likeness (QED) is 0.766. The largest absolute Gasteiger partial charge is 0.451 e. The van der Waals surface area contributed by atoms with Crippen molar-refractivity contribution >= 4 is 28.5 Å². The summed E-state index contributed by atoms with van der Waals surface area (Å²) in [6.07, 6.45) is 3.05. The van der Waals surface area contributed by atoms with Crippen molar-refractivity contribution in [3.05, 3.63) is 58.7 Å². The molecule has 1 aliphatic heterocycles. The summed E-state index contributed by atoms with van der Waals surface area (Å²) < 4.78 is 10.8. The fourth-order valence-corrected chi connectivity index (χ4v) is 2.72. The standard InChI is InChI=1S/C18H16N4O4/c23-14-9-16(26-15-4-2-1-3-13(14)15)17(24)21-12-10-19-18(20-11-12)22-5-7-25-8-6-22/h1-4,9-11H,5-8H2,(H,21,24). The number of hydrogen-bond donors (Lipinski definition) is 1. The van der Waals surface area contributed by atoms with Crippen molar-refractivity contribution in [3.8, 4) is 0 Å². The maximum absolute atomic E-state index is 12.4. The Bertz CT molecular complexity index is 994. The number of carbonyl (C=O) groups excluding carboxylic acids is 1. The van der Waals surface area contributed by atoms with Gasteiger partial charge in [-0.05, 0) is 12.1 Å². The summed E-state index contributed by atoms with van der Waals surface area (Å²) in [4.78, 5) is 35.0. The first-order chi connectivity index (χ1) is 12.7. The fraction of sp³-hybridized carbons (Fsp3) is 0.222. The molecule has 1 saturated heterocycles. The number of rotatable bonds is 3. The van der Waals surface area contributed by atoms with Gasteiger partial charge in [0.1, 0.15) is 5.58 Å². The highest BCUT2D eigenvalue weighted by molar-refractivity contribution is 6.02. The average molecular weight is 352 g/mol. The molecular weight excluding hydrogens is 336 g/mol. The summed E-state index contributed by atoms with van der Waals surface area (Å²) in [6.45, 7) is 2.74. The van der Waals surface area contributed by atoms with Crippen LogP contribution in [0, 0.1) is 0 Å². The summed E-state index contributed by atoms with van der Waals surface area (Å²) in [6, 6.07) is 7.97. The van der Waals surface area contributed by atoms with Gasteiger partial charge in [0, 0.05) is 19.2 Å². The van der Waals surface area contributed by atoms with Crippen molar-refractivity contribution in [2.24, 2.45) is 0 Å². The molecule has 8 nitrogen and oxygen atoms in total. The Labute approximate surface area is 148 Å². The van der Waals surface area contributed by atoms with Gasteiger partial charge in [-0.25, -0.2) is 9.97 Å². The zero-order valence-electron chi connectivity index (χ0n) is 13.8. The van der Waals surface area contributed by atoms with E-state index < -0.39 is 5.91 Å². The van der Waals surface area contributed by atoms with E-state index in [4.69, 9.17) is 9.15 Å². The lowest BCUT2D eigenvalue weighted by Crippen LogP contribution is -2.37. The van der Waals surface area contributed by atoms with E-state index in [0.717, 1.165) is 13.1 Å². The summed E-state index contributed by atoms with van der Waals surface area (Å²) in [5.74, 6) is -0.00920. The van der Waals surface area contributed by atoms with Gasteiger partial charge in [0.05, 0.1) is 36.7 Å². The number of carbonyl (C=O) groups is 1. The zero-order valence-corrected chi connectivity index (χ0v) is 13.8. The van der Waals surface area contributed by atoms with E-state index in [1.165, 1.54) is 18.5 Å². The first-order valence-corrected chi connectivity index (χ1v) is 8.20. The van der Waals surface area contributed by atoms with E-state index in [1.807, 2.05) is 4.90 Å². The lowest BCUT2D eigenvalue weighted by Gasteiger charge is -2.26.